The summed E-state index contributed by atoms with van der Waals surface area (Å²) in [5, 5.41) is 0. The molecule has 0 saturated carbocycles. The van der Waals surface area contributed by atoms with Crippen LogP contribution in [0.1, 0.15) is 12.8 Å². The van der Waals surface area contributed by atoms with Crippen molar-refractivity contribution in [3.63, 3.8) is 0 Å². The summed E-state index contributed by atoms with van der Waals surface area (Å²) >= 11 is 0. The van der Waals surface area contributed by atoms with E-state index in [2.05, 4.69) is 6.58 Å². The van der Waals surface area contributed by atoms with Crippen LogP contribution in [0.4, 0.5) is 0 Å². The molecule has 0 amide bonds. The van der Waals surface area contributed by atoms with Gasteiger partial charge in [0.2, 0.25) is 0 Å². The molecule has 0 bridgehead atoms. The number of para-hydroxylation sites is 1. The van der Waals surface area contributed by atoms with Gasteiger partial charge in [0.1, 0.15) is 5.75 Å². The van der Waals surface area contributed by atoms with Gasteiger partial charge >= 0.3 is 5.97 Å². The Morgan fingerprint density at radius 1 is 1.05 bits per heavy atom. The molecule has 0 spiro atoms. The highest BCUT2D eigenvalue weighted by atomic mass is 16.5. The maximum atomic E-state index is 11.7. The first-order valence-electron chi connectivity index (χ1n) is 6.27. The minimum atomic E-state index is -0.233. The molecule has 0 aliphatic rings. The Labute approximate surface area is 113 Å². The lowest BCUT2D eigenvalue weighted by Crippen LogP contribution is -2.07. The van der Waals surface area contributed by atoms with E-state index in [1.165, 1.54) is 0 Å². The van der Waals surface area contributed by atoms with E-state index in [4.69, 9.17) is 4.74 Å². The third-order valence-corrected chi connectivity index (χ3v) is 2.75. The van der Waals surface area contributed by atoms with E-state index in [0.29, 0.717) is 18.6 Å². The molecule has 0 aliphatic carbocycles. The van der Waals surface area contributed by atoms with Gasteiger partial charge in [0.05, 0.1) is 0 Å². The Hall–Kier alpha value is -2.35. The van der Waals surface area contributed by atoms with Crippen LogP contribution in [0.5, 0.6) is 5.75 Å². The molecule has 0 atom stereocenters. The third-order valence-electron chi connectivity index (χ3n) is 2.75. The second kappa shape index (κ2) is 6.55. The van der Waals surface area contributed by atoms with Gasteiger partial charge < -0.3 is 4.74 Å². The predicted molar refractivity (Wildman–Crippen MR) is 76.9 cm³/mol. The van der Waals surface area contributed by atoms with Crippen LogP contribution in [0, 0.1) is 0 Å². The Kier molecular flexibility index (Phi) is 4.51. The Morgan fingerprint density at radius 2 is 1.74 bits per heavy atom. The topological polar surface area (TPSA) is 26.3 Å². The van der Waals surface area contributed by atoms with Gasteiger partial charge in [-0.2, -0.15) is 0 Å². The summed E-state index contributed by atoms with van der Waals surface area (Å²) in [6, 6.07) is 17.4. The average molecular weight is 252 g/mol. The molecule has 0 fully saturated rings. The number of allylic oxidation sites excluding steroid dienone is 1. The third kappa shape index (κ3) is 3.55. The number of carbonyl (C=O) groups excluding carboxylic acids is 1. The first-order chi connectivity index (χ1) is 9.31. The van der Waals surface area contributed by atoms with Crippen molar-refractivity contribution >= 4 is 5.97 Å². The first kappa shape index (κ1) is 13.1. The van der Waals surface area contributed by atoms with Crippen molar-refractivity contribution in [2.24, 2.45) is 0 Å². The molecule has 96 valence electrons. The fourth-order valence-electron chi connectivity index (χ4n) is 1.81. The minimum Gasteiger partial charge on any atom is -0.426 e. The molecule has 0 aromatic heterocycles. The van der Waals surface area contributed by atoms with Crippen LogP contribution >= 0.6 is 0 Å². The molecule has 2 heteroatoms. The van der Waals surface area contributed by atoms with E-state index in [0.717, 1.165) is 11.1 Å². The summed E-state index contributed by atoms with van der Waals surface area (Å²) in [6.07, 6.45) is 2.70. The van der Waals surface area contributed by atoms with Crippen LogP contribution in [0.2, 0.25) is 0 Å². The standard InChI is InChI=1S/C17H16O2/c1-2-3-13-17(18)19-16-12-8-7-11-15(16)14-9-5-4-6-10-14/h2,4-12H,1,3,13H2. The van der Waals surface area contributed by atoms with E-state index in [-0.39, 0.29) is 5.97 Å². The summed E-state index contributed by atoms with van der Waals surface area (Å²) in [4.78, 5) is 11.7. The lowest BCUT2D eigenvalue weighted by Gasteiger charge is -2.09. The highest BCUT2D eigenvalue weighted by Crippen LogP contribution is 2.29. The number of hydrogen-bond donors (Lipinski definition) is 0. The van der Waals surface area contributed by atoms with Crippen molar-refractivity contribution in [1.29, 1.82) is 0 Å². The van der Waals surface area contributed by atoms with Crippen molar-refractivity contribution < 1.29 is 9.53 Å². The maximum Gasteiger partial charge on any atom is 0.311 e. The molecule has 0 aliphatic heterocycles. The fourth-order valence-corrected chi connectivity index (χ4v) is 1.81. The van der Waals surface area contributed by atoms with Gasteiger partial charge in [0, 0.05) is 12.0 Å². The summed E-state index contributed by atoms with van der Waals surface area (Å²) in [6.45, 7) is 3.60. The van der Waals surface area contributed by atoms with Crippen LogP contribution < -0.4 is 4.74 Å². The molecule has 0 N–H and O–H groups in total. The van der Waals surface area contributed by atoms with E-state index in [1.54, 1.807) is 6.08 Å². The predicted octanol–water partition coefficient (Wildman–Crippen LogP) is 4.23. The van der Waals surface area contributed by atoms with Gasteiger partial charge in [0.15, 0.2) is 0 Å². The number of ether oxygens (including phenoxy) is 1. The number of rotatable bonds is 5. The second-order valence-corrected chi connectivity index (χ2v) is 4.16. The Balaban J connectivity index is 2.22. The maximum absolute atomic E-state index is 11.7. The lowest BCUT2D eigenvalue weighted by atomic mass is 10.1. The van der Waals surface area contributed by atoms with E-state index < -0.39 is 0 Å². The summed E-state index contributed by atoms with van der Waals surface area (Å²) in [5.41, 5.74) is 1.96. The lowest BCUT2D eigenvalue weighted by molar-refractivity contribution is -0.134. The van der Waals surface area contributed by atoms with Crippen molar-refractivity contribution in [3.8, 4) is 16.9 Å². The van der Waals surface area contributed by atoms with Gasteiger partial charge in [-0.1, -0.05) is 54.6 Å². The van der Waals surface area contributed by atoms with Crippen molar-refractivity contribution in [2.75, 3.05) is 0 Å². The minimum absolute atomic E-state index is 0.233. The fraction of sp³-hybridized carbons (Fsp3) is 0.118. The zero-order chi connectivity index (χ0) is 13.5. The molecule has 0 heterocycles. The molecule has 0 radical (unpaired) electrons. The largest absolute Gasteiger partial charge is 0.426 e. The first-order valence-corrected chi connectivity index (χ1v) is 6.27. The van der Waals surface area contributed by atoms with Gasteiger partial charge in [-0.3, -0.25) is 4.79 Å². The smallest absolute Gasteiger partial charge is 0.311 e. The highest BCUT2D eigenvalue weighted by Gasteiger charge is 2.09. The Morgan fingerprint density at radius 3 is 2.47 bits per heavy atom. The number of esters is 1. The van der Waals surface area contributed by atoms with Crippen molar-refractivity contribution in [1.82, 2.24) is 0 Å². The monoisotopic (exact) mass is 252 g/mol. The Bertz CT molecular complexity index is 558. The number of hydrogen-bond acceptors (Lipinski definition) is 2. The van der Waals surface area contributed by atoms with E-state index >= 15 is 0 Å². The normalized spacial score (nSPS) is 9.89. The van der Waals surface area contributed by atoms with Gasteiger partial charge in [-0.25, -0.2) is 0 Å². The number of benzene rings is 2. The van der Waals surface area contributed by atoms with Crippen LogP contribution in [-0.4, -0.2) is 5.97 Å². The molecular weight excluding hydrogens is 236 g/mol. The van der Waals surface area contributed by atoms with Crippen molar-refractivity contribution in [2.45, 2.75) is 12.8 Å². The van der Waals surface area contributed by atoms with E-state index in [1.807, 2.05) is 54.6 Å². The zero-order valence-corrected chi connectivity index (χ0v) is 10.7. The summed E-state index contributed by atoms with van der Waals surface area (Å²) in [5.74, 6) is 0.367. The molecule has 2 aromatic rings. The van der Waals surface area contributed by atoms with Gasteiger partial charge in [0.25, 0.3) is 0 Å². The second-order valence-electron chi connectivity index (χ2n) is 4.16. The van der Waals surface area contributed by atoms with Crippen LogP contribution in [0.3, 0.4) is 0 Å². The van der Waals surface area contributed by atoms with Crippen LogP contribution in [0.15, 0.2) is 67.3 Å². The molecule has 2 nitrogen and oxygen atoms in total. The average Bonchev–Trinajstić information content (AvgIpc) is 2.46. The molecule has 19 heavy (non-hydrogen) atoms. The van der Waals surface area contributed by atoms with Crippen LogP contribution in [-0.2, 0) is 4.79 Å². The molecule has 2 aromatic carbocycles. The number of carbonyl (C=O) groups is 1. The van der Waals surface area contributed by atoms with Crippen molar-refractivity contribution in [3.05, 3.63) is 67.3 Å². The molecule has 0 saturated heterocycles. The highest BCUT2D eigenvalue weighted by molar-refractivity contribution is 5.78. The van der Waals surface area contributed by atoms with E-state index in [9.17, 15) is 4.79 Å². The molecule has 2 rings (SSSR count). The summed E-state index contributed by atoms with van der Waals surface area (Å²) in [7, 11) is 0. The molecular formula is C17H16O2. The molecule has 0 unspecified atom stereocenters. The zero-order valence-electron chi connectivity index (χ0n) is 10.7. The quantitative estimate of drug-likeness (QED) is 0.452. The SMILES string of the molecule is C=CCCC(=O)Oc1ccccc1-c1ccccc1. The summed E-state index contributed by atoms with van der Waals surface area (Å²) < 4.78 is 5.42. The van der Waals surface area contributed by atoms with Gasteiger partial charge in [-0.05, 0) is 18.1 Å². The van der Waals surface area contributed by atoms with Crippen LogP contribution in [0.25, 0.3) is 11.1 Å². The van der Waals surface area contributed by atoms with Gasteiger partial charge in [-0.15, -0.1) is 6.58 Å².